The molecule has 1 saturated carbocycles. The van der Waals surface area contributed by atoms with E-state index in [9.17, 15) is 22.8 Å². The van der Waals surface area contributed by atoms with Gasteiger partial charge in [-0.05, 0) is 18.3 Å². The number of carbonyl (C=O) groups excluding carboxylic acids is 1. The minimum Gasteiger partial charge on any atom is -0.481 e. The van der Waals surface area contributed by atoms with E-state index in [1.807, 2.05) is 13.8 Å². The van der Waals surface area contributed by atoms with Crippen LogP contribution >= 0.6 is 0 Å². The number of aliphatic carboxylic acids is 1. The summed E-state index contributed by atoms with van der Waals surface area (Å²) in [5.74, 6) is -5.11. The molecule has 1 aliphatic heterocycles. The van der Waals surface area contributed by atoms with Crippen LogP contribution < -0.4 is 5.32 Å². The number of likely N-dealkylation sites (tertiary alicyclic amines) is 1. The highest BCUT2D eigenvalue weighted by atomic mass is 19.4. The second kappa shape index (κ2) is 5.06. The molecule has 2 rings (SSSR count). The zero-order chi connectivity index (χ0) is 16.0. The molecule has 120 valence electrons. The van der Waals surface area contributed by atoms with Crippen molar-refractivity contribution < 1.29 is 27.9 Å². The number of urea groups is 1. The van der Waals surface area contributed by atoms with Crippen LogP contribution in [0.25, 0.3) is 0 Å². The summed E-state index contributed by atoms with van der Waals surface area (Å²) in [6, 6.07) is -0.677. The molecule has 0 spiro atoms. The van der Waals surface area contributed by atoms with Gasteiger partial charge in [0, 0.05) is 19.1 Å². The molecular weight excluding hydrogens is 289 g/mol. The molecule has 1 unspecified atom stereocenters. The minimum absolute atomic E-state index is 0.0645. The molecule has 0 aromatic rings. The molecule has 21 heavy (non-hydrogen) atoms. The Bertz CT molecular complexity index is 450. The maximum Gasteiger partial charge on any atom is 0.394 e. The molecule has 2 N–H and O–H groups in total. The Morgan fingerprint density at radius 2 is 1.90 bits per heavy atom. The number of carbonyl (C=O) groups is 2. The molecule has 0 aromatic carbocycles. The Labute approximate surface area is 120 Å². The van der Waals surface area contributed by atoms with Crippen molar-refractivity contribution in [1.82, 2.24) is 10.2 Å². The molecule has 2 aliphatic rings. The van der Waals surface area contributed by atoms with Crippen LogP contribution in [0.2, 0.25) is 0 Å². The summed E-state index contributed by atoms with van der Waals surface area (Å²) in [6.45, 7) is 2.95. The first kappa shape index (κ1) is 15.9. The van der Waals surface area contributed by atoms with Gasteiger partial charge < -0.3 is 15.3 Å². The van der Waals surface area contributed by atoms with Crippen molar-refractivity contribution in [3.8, 4) is 0 Å². The molecule has 0 bridgehead atoms. The van der Waals surface area contributed by atoms with E-state index in [-0.39, 0.29) is 11.5 Å². The Kier molecular flexibility index (Phi) is 3.84. The number of alkyl halides is 3. The summed E-state index contributed by atoms with van der Waals surface area (Å²) < 4.78 is 38.5. The molecular formula is C13H19F3N2O3. The van der Waals surface area contributed by atoms with Crippen molar-refractivity contribution >= 4 is 12.0 Å². The first-order chi connectivity index (χ1) is 9.52. The van der Waals surface area contributed by atoms with Crippen molar-refractivity contribution in [2.45, 2.75) is 38.9 Å². The molecule has 2 fully saturated rings. The van der Waals surface area contributed by atoms with Gasteiger partial charge in [0.2, 0.25) is 0 Å². The van der Waals surface area contributed by atoms with Crippen LogP contribution in [0, 0.1) is 17.3 Å². The van der Waals surface area contributed by atoms with Crippen LogP contribution in [0.15, 0.2) is 0 Å². The van der Waals surface area contributed by atoms with E-state index >= 15 is 0 Å². The maximum absolute atomic E-state index is 12.8. The largest absolute Gasteiger partial charge is 0.481 e. The molecule has 2 amide bonds. The number of nitrogens with one attached hydrogen (secondary N) is 1. The monoisotopic (exact) mass is 308 g/mol. The molecule has 8 heteroatoms. The fraction of sp³-hybridized carbons (Fsp3) is 0.846. The second-order valence-corrected chi connectivity index (χ2v) is 6.53. The number of nitrogens with zero attached hydrogens (tertiary/aromatic N) is 1. The predicted octanol–water partition coefficient (Wildman–Crippen LogP) is 2.08. The average molecular weight is 308 g/mol. The molecule has 0 aromatic heterocycles. The van der Waals surface area contributed by atoms with Crippen molar-refractivity contribution in [2.75, 3.05) is 13.1 Å². The van der Waals surface area contributed by atoms with E-state index in [1.54, 1.807) is 0 Å². The third kappa shape index (κ3) is 3.08. The van der Waals surface area contributed by atoms with Crippen LogP contribution in [-0.2, 0) is 4.79 Å². The molecule has 0 radical (unpaired) electrons. The third-order valence-electron chi connectivity index (χ3n) is 4.66. The lowest BCUT2D eigenvalue weighted by Gasteiger charge is -2.45. The number of hydrogen-bond donors (Lipinski definition) is 2. The number of amides is 2. The van der Waals surface area contributed by atoms with Gasteiger partial charge in [-0.25, -0.2) is 4.79 Å². The van der Waals surface area contributed by atoms with Crippen LogP contribution in [-0.4, -0.2) is 47.3 Å². The second-order valence-electron chi connectivity index (χ2n) is 6.53. The fourth-order valence-electron chi connectivity index (χ4n) is 2.93. The lowest BCUT2D eigenvalue weighted by molar-refractivity contribution is -0.187. The first-order valence-electron chi connectivity index (χ1n) is 6.87. The number of hydrogen-bond acceptors (Lipinski definition) is 2. The number of carboxylic acids is 1. The summed E-state index contributed by atoms with van der Waals surface area (Å²) >= 11 is 0. The van der Waals surface area contributed by atoms with Gasteiger partial charge in [-0.2, -0.15) is 13.2 Å². The highest BCUT2D eigenvalue weighted by molar-refractivity contribution is 5.78. The summed E-state index contributed by atoms with van der Waals surface area (Å²) in [7, 11) is 0. The third-order valence-corrected chi connectivity index (χ3v) is 4.66. The van der Waals surface area contributed by atoms with E-state index in [2.05, 4.69) is 5.32 Å². The maximum atomic E-state index is 12.8. The minimum atomic E-state index is -4.62. The van der Waals surface area contributed by atoms with Gasteiger partial charge in [0.05, 0.1) is 11.8 Å². The lowest BCUT2D eigenvalue weighted by Crippen LogP contribution is -2.55. The van der Waals surface area contributed by atoms with Crippen LogP contribution in [0.1, 0.15) is 26.7 Å². The van der Waals surface area contributed by atoms with Crippen LogP contribution in [0.3, 0.4) is 0 Å². The number of halogens is 3. The summed E-state index contributed by atoms with van der Waals surface area (Å²) in [6.07, 6.45) is -2.88. The molecule has 1 heterocycles. The summed E-state index contributed by atoms with van der Waals surface area (Å²) in [5, 5.41) is 11.6. The molecule has 1 saturated heterocycles. The van der Waals surface area contributed by atoms with Gasteiger partial charge in [0.15, 0.2) is 0 Å². The fourth-order valence-corrected chi connectivity index (χ4v) is 2.93. The van der Waals surface area contributed by atoms with E-state index in [0.29, 0.717) is 0 Å². The van der Waals surface area contributed by atoms with Crippen molar-refractivity contribution in [2.24, 2.45) is 17.3 Å². The highest BCUT2D eigenvalue weighted by Gasteiger charge is 2.54. The quantitative estimate of drug-likeness (QED) is 0.820. The van der Waals surface area contributed by atoms with Gasteiger partial charge in [0.25, 0.3) is 0 Å². The molecule has 5 nitrogen and oxygen atoms in total. The topological polar surface area (TPSA) is 69.6 Å². The summed E-state index contributed by atoms with van der Waals surface area (Å²) in [4.78, 5) is 24.0. The number of carboxylic acid groups (broad SMARTS) is 1. The average Bonchev–Trinajstić information content (AvgIpc) is 2.79. The van der Waals surface area contributed by atoms with Gasteiger partial charge in [-0.15, -0.1) is 0 Å². The van der Waals surface area contributed by atoms with E-state index < -0.39 is 43.1 Å². The normalized spacial score (nSPS) is 31.7. The van der Waals surface area contributed by atoms with Crippen LogP contribution in [0.5, 0.6) is 0 Å². The van der Waals surface area contributed by atoms with Gasteiger partial charge in [-0.1, -0.05) is 13.8 Å². The first-order valence-corrected chi connectivity index (χ1v) is 6.87. The molecule has 3 atom stereocenters. The van der Waals surface area contributed by atoms with E-state index in [0.717, 1.165) is 17.7 Å². The smallest absolute Gasteiger partial charge is 0.394 e. The van der Waals surface area contributed by atoms with Gasteiger partial charge in [0.1, 0.15) is 0 Å². The predicted molar refractivity (Wildman–Crippen MR) is 67.6 cm³/mol. The zero-order valence-corrected chi connectivity index (χ0v) is 11.9. The Morgan fingerprint density at radius 3 is 2.24 bits per heavy atom. The highest BCUT2D eigenvalue weighted by Crippen LogP contribution is 2.41. The summed E-state index contributed by atoms with van der Waals surface area (Å²) in [5.41, 5.74) is -0.0645. The Balaban J connectivity index is 2.02. The van der Waals surface area contributed by atoms with E-state index in [4.69, 9.17) is 5.11 Å². The van der Waals surface area contributed by atoms with Crippen molar-refractivity contribution in [1.29, 1.82) is 0 Å². The van der Waals surface area contributed by atoms with Gasteiger partial charge in [-0.3, -0.25) is 4.79 Å². The standard InChI is InChI=1S/C13H19F3N2O3/c1-12(2)4-3-9(12)17-11(21)18-5-7(10(19)20)8(6-18)13(14,15)16/h7-9H,3-6H2,1-2H3,(H,17,21)(H,19,20)/t7-,8-,9?/m1/s1. The van der Waals surface area contributed by atoms with Crippen molar-refractivity contribution in [3.05, 3.63) is 0 Å². The Hall–Kier alpha value is -1.47. The lowest BCUT2D eigenvalue weighted by atomic mass is 9.67. The van der Waals surface area contributed by atoms with Gasteiger partial charge >= 0.3 is 18.2 Å². The number of rotatable bonds is 2. The Morgan fingerprint density at radius 1 is 1.29 bits per heavy atom. The zero-order valence-electron chi connectivity index (χ0n) is 11.9. The SMILES string of the molecule is CC1(C)CCC1NC(=O)N1C[C@@H](C(F)(F)F)[C@H](C(=O)O)C1. The van der Waals surface area contributed by atoms with Crippen molar-refractivity contribution in [3.63, 3.8) is 0 Å². The van der Waals surface area contributed by atoms with Crippen LogP contribution in [0.4, 0.5) is 18.0 Å². The molecule has 1 aliphatic carbocycles. The van der Waals surface area contributed by atoms with E-state index in [1.165, 1.54) is 0 Å².